The number of hydrogen-bond acceptors (Lipinski definition) is 2. The first-order valence-corrected chi connectivity index (χ1v) is 7.32. The van der Waals surface area contributed by atoms with Gasteiger partial charge in [-0.25, -0.2) is 5.10 Å². The summed E-state index contributed by atoms with van der Waals surface area (Å²) in [6.45, 7) is 0. The summed E-state index contributed by atoms with van der Waals surface area (Å²) in [5, 5.41) is 8.55. The van der Waals surface area contributed by atoms with Gasteiger partial charge in [-0.2, -0.15) is 5.10 Å². The van der Waals surface area contributed by atoms with Crippen LogP contribution in [0, 0.1) is 0 Å². The van der Waals surface area contributed by atoms with Crippen molar-refractivity contribution in [3.05, 3.63) is 60.8 Å². The molecule has 0 atom stereocenters. The third kappa shape index (κ3) is 2.40. The molecular weight excluding hydrogens is 354 g/mol. The fraction of sp³-hybridized carbons (Fsp3) is 0. The molecule has 0 bridgehead atoms. The van der Waals surface area contributed by atoms with Crippen molar-refractivity contribution in [3.63, 3.8) is 0 Å². The Labute approximate surface area is 139 Å². The molecule has 0 saturated carbocycles. The third-order valence-corrected chi connectivity index (χ3v) is 4.61. The van der Waals surface area contributed by atoms with Crippen LogP contribution < -0.4 is 5.56 Å². The first-order valence-electron chi connectivity index (χ1n) is 5.81. The lowest BCUT2D eigenvalue weighted by molar-refractivity contribution is 1.02. The minimum absolute atomic E-state index is 0.190. The monoisotopic (exact) mass is 358 g/mol. The predicted octanol–water partition coefficient (Wildman–Crippen LogP) is 5.20. The highest BCUT2D eigenvalue weighted by atomic mass is 35.5. The lowest BCUT2D eigenvalue weighted by Gasteiger charge is -2.11. The van der Waals surface area contributed by atoms with Crippen molar-refractivity contribution in [2.45, 2.75) is 0 Å². The van der Waals surface area contributed by atoms with Crippen molar-refractivity contribution in [1.29, 1.82) is 0 Å². The van der Waals surface area contributed by atoms with Crippen LogP contribution in [0.4, 0.5) is 0 Å². The van der Waals surface area contributed by atoms with E-state index in [-0.39, 0.29) is 20.6 Å². The first kappa shape index (κ1) is 14.7. The number of nitrogens with one attached hydrogen (secondary N) is 1. The van der Waals surface area contributed by atoms with Crippen molar-refractivity contribution in [2.75, 3.05) is 0 Å². The summed E-state index contributed by atoms with van der Waals surface area (Å²) < 4.78 is 0. The zero-order chi connectivity index (χ0) is 15.1. The van der Waals surface area contributed by atoms with Gasteiger partial charge in [0.05, 0.1) is 25.5 Å². The molecule has 0 aliphatic heterocycles. The van der Waals surface area contributed by atoms with Crippen LogP contribution >= 0.6 is 46.4 Å². The van der Waals surface area contributed by atoms with Crippen LogP contribution in [0.2, 0.25) is 20.1 Å². The van der Waals surface area contributed by atoms with E-state index in [0.717, 1.165) is 0 Å². The molecule has 1 heterocycles. The van der Waals surface area contributed by atoms with Gasteiger partial charge in [0.1, 0.15) is 5.69 Å². The van der Waals surface area contributed by atoms with Crippen molar-refractivity contribution in [3.8, 4) is 11.3 Å². The van der Waals surface area contributed by atoms with Crippen molar-refractivity contribution >= 4 is 57.2 Å². The molecule has 1 N–H and O–H groups in total. The molecule has 0 fully saturated rings. The first-order chi connectivity index (χ1) is 10.0. The van der Waals surface area contributed by atoms with E-state index in [0.29, 0.717) is 27.1 Å². The van der Waals surface area contributed by atoms with Gasteiger partial charge >= 0.3 is 0 Å². The molecule has 0 aliphatic rings. The van der Waals surface area contributed by atoms with Gasteiger partial charge in [-0.3, -0.25) is 4.79 Å². The van der Waals surface area contributed by atoms with Crippen LogP contribution in [-0.4, -0.2) is 10.2 Å². The summed E-state index contributed by atoms with van der Waals surface area (Å²) in [4.78, 5) is 11.8. The Morgan fingerprint density at radius 1 is 0.905 bits per heavy atom. The molecule has 106 valence electrons. The maximum atomic E-state index is 11.8. The van der Waals surface area contributed by atoms with E-state index >= 15 is 0 Å². The SMILES string of the molecule is O=c1[nH]nc(-c2c(Cl)cc(Cl)c(Cl)c2Cl)c2ccccc12. The van der Waals surface area contributed by atoms with Crippen LogP contribution in [0.25, 0.3) is 22.0 Å². The quantitative estimate of drug-likeness (QED) is 0.479. The predicted molar refractivity (Wildman–Crippen MR) is 87.8 cm³/mol. The molecule has 3 nitrogen and oxygen atoms in total. The Kier molecular flexibility index (Phi) is 3.84. The molecule has 0 unspecified atom stereocenters. The van der Waals surface area contributed by atoms with Gasteiger partial charge in [-0.05, 0) is 12.1 Å². The van der Waals surface area contributed by atoms with Gasteiger partial charge < -0.3 is 0 Å². The zero-order valence-corrected chi connectivity index (χ0v) is 13.3. The molecule has 0 amide bonds. The highest BCUT2D eigenvalue weighted by Gasteiger charge is 2.19. The molecular formula is C14H6Cl4N2O. The highest BCUT2D eigenvalue weighted by molar-refractivity contribution is 6.51. The van der Waals surface area contributed by atoms with Crippen molar-refractivity contribution in [1.82, 2.24) is 10.2 Å². The van der Waals surface area contributed by atoms with E-state index in [1.807, 2.05) is 0 Å². The van der Waals surface area contributed by atoms with Gasteiger partial charge in [0.25, 0.3) is 5.56 Å². The van der Waals surface area contributed by atoms with Crippen LogP contribution in [0.5, 0.6) is 0 Å². The standard InChI is InChI=1S/C14H6Cl4N2O/c15-8-5-9(16)11(17)12(18)10(8)13-6-3-1-2-4-7(6)14(21)20-19-13/h1-5H,(H,20,21). The lowest BCUT2D eigenvalue weighted by Crippen LogP contribution is -2.09. The average Bonchev–Trinajstić information content (AvgIpc) is 2.47. The van der Waals surface area contributed by atoms with Crippen LogP contribution in [0.1, 0.15) is 0 Å². The minimum Gasteiger partial charge on any atom is -0.267 e. The Morgan fingerprint density at radius 3 is 2.29 bits per heavy atom. The summed E-state index contributed by atoms with van der Waals surface area (Å²) in [6, 6.07) is 8.51. The second kappa shape index (κ2) is 5.50. The third-order valence-electron chi connectivity index (χ3n) is 3.05. The van der Waals surface area contributed by atoms with Crippen LogP contribution in [-0.2, 0) is 0 Å². The summed E-state index contributed by atoms with van der Waals surface area (Å²) in [5.74, 6) is 0. The maximum absolute atomic E-state index is 11.8. The number of rotatable bonds is 1. The number of benzene rings is 2. The number of fused-ring (bicyclic) bond motifs is 1. The fourth-order valence-electron chi connectivity index (χ4n) is 2.09. The van der Waals surface area contributed by atoms with Gasteiger partial charge in [-0.1, -0.05) is 64.6 Å². The topological polar surface area (TPSA) is 45.8 Å². The molecule has 2 aromatic carbocycles. The number of aromatic amines is 1. The Bertz CT molecular complexity index is 921. The van der Waals surface area contributed by atoms with E-state index in [1.165, 1.54) is 6.07 Å². The van der Waals surface area contributed by atoms with E-state index in [9.17, 15) is 4.79 Å². The molecule has 7 heteroatoms. The number of aromatic nitrogens is 2. The van der Waals surface area contributed by atoms with E-state index < -0.39 is 0 Å². The molecule has 0 spiro atoms. The van der Waals surface area contributed by atoms with Crippen molar-refractivity contribution in [2.24, 2.45) is 0 Å². The molecule has 0 aliphatic carbocycles. The van der Waals surface area contributed by atoms with E-state index in [2.05, 4.69) is 10.2 Å². The summed E-state index contributed by atoms with van der Waals surface area (Å²) in [5.41, 5.74) is 0.584. The minimum atomic E-state index is -0.290. The largest absolute Gasteiger partial charge is 0.272 e. The van der Waals surface area contributed by atoms with Gasteiger partial charge in [-0.15, -0.1) is 0 Å². The fourth-order valence-corrected chi connectivity index (χ4v) is 3.18. The Morgan fingerprint density at radius 2 is 1.57 bits per heavy atom. The number of hydrogen-bond donors (Lipinski definition) is 1. The molecule has 1 aromatic heterocycles. The zero-order valence-electron chi connectivity index (χ0n) is 10.3. The summed E-state index contributed by atoms with van der Waals surface area (Å²) in [7, 11) is 0. The Balaban J connectivity index is 2.45. The van der Waals surface area contributed by atoms with Gasteiger partial charge in [0, 0.05) is 10.9 Å². The second-order valence-electron chi connectivity index (χ2n) is 4.29. The average molecular weight is 360 g/mol. The number of H-pyrrole nitrogens is 1. The van der Waals surface area contributed by atoms with E-state index in [4.69, 9.17) is 46.4 Å². The molecule has 0 saturated heterocycles. The summed E-state index contributed by atoms with van der Waals surface area (Å²) in [6.07, 6.45) is 0. The number of nitrogens with zero attached hydrogens (tertiary/aromatic N) is 1. The van der Waals surface area contributed by atoms with Gasteiger partial charge in [0.15, 0.2) is 0 Å². The summed E-state index contributed by atoms with van der Waals surface area (Å²) >= 11 is 24.5. The lowest BCUT2D eigenvalue weighted by atomic mass is 10.0. The van der Waals surface area contributed by atoms with Crippen LogP contribution in [0.3, 0.4) is 0 Å². The smallest absolute Gasteiger partial charge is 0.267 e. The number of halogens is 4. The Hall–Kier alpha value is -1.26. The molecule has 0 radical (unpaired) electrons. The molecule has 3 rings (SSSR count). The van der Waals surface area contributed by atoms with Crippen molar-refractivity contribution < 1.29 is 0 Å². The highest BCUT2D eigenvalue weighted by Crippen LogP contribution is 2.43. The normalized spacial score (nSPS) is 11.0. The van der Waals surface area contributed by atoms with Crippen LogP contribution in [0.15, 0.2) is 35.1 Å². The molecule has 21 heavy (non-hydrogen) atoms. The molecule has 3 aromatic rings. The second-order valence-corrected chi connectivity index (χ2v) is 5.86. The van der Waals surface area contributed by atoms with Gasteiger partial charge in [0.2, 0.25) is 0 Å². The maximum Gasteiger partial charge on any atom is 0.272 e. The van der Waals surface area contributed by atoms with E-state index in [1.54, 1.807) is 24.3 Å².